The van der Waals surface area contributed by atoms with Crippen molar-refractivity contribution in [3.63, 3.8) is 0 Å². The monoisotopic (exact) mass is 758 g/mol. The van der Waals surface area contributed by atoms with Gasteiger partial charge in [-0.2, -0.15) is 0 Å². The predicted octanol–water partition coefficient (Wildman–Crippen LogP) is 8.90. The van der Waals surface area contributed by atoms with Crippen molar-refractivity contribution in [2.24, 2.45) is 0 Å². The van der Waals surface area contributed by atoms with Crippen LogP contribution in [0.3, 0.4) is 0 Å². The number of carbonyl (C=O) groups excluding carboxylic acids is 4. The number of fused-ring (bicyclic) bond motifs is 1. The van der Waals surface area contributed by atoms with E-state index in [1.54, 1.807) is 109 Å². The van der Waals surface area contributed by atoms with Gasteiger partial charge in [-0.1, -0.05) is 85.5 Å². The van der Waals surface area contributed by atoms with Gasteiger partial charge in [0.05, 0.1) is 22.3 Å². The van der Waals surface area contributed by atoms with Crippen LogP contribution in [0.5, 0.6) is 28.7 Å². The van der Waals surface area contributed by atoms with Gasteiger partial charge in [0.25, 0.3) is 0 Å². The van der Waals surface area contributed by atoms with Crippen LogP contribution in [0.2, 0.25) is 0 Å². The van der Waals surface area contributed by atoms with Crippen molar-refractivity contribution < 1.29 is 47.3 Å². The van der Waals surface area contributed by atoms with Crippen molar-refractivity contribution in [3.8, 4) is 40.1 Å². The highest BCUT2D eigenvalue weighted by molar-refractivity contribution is 5.96. The van der Waals surface area contributed by atoms with Gasteiger partial charge in [-0.3, -0.25) is 4.79 Å². The summed E-state index contributed by atoms with van der Waals surface area (Å²) in [6.45, 7) is 3.62. The van der Waals surface area contributed by atoms with E-state index in [1.165, 1.54) is 48.5 Å². The van der Waals surface area contributed by atoms with Crippen LogP contribution < -0.4 is 29.1 Å². The Balaban J connectivity index is 1.40. The zero-order valence-corrected chi connectivity index (χ0v) is 29.9. The molecule has 0 atom stereocenters. The molecule has 11 nitrogen and oxygen atoms in total. The molecule has 0 unspecified atom stereocenters. The molecule has 1 aromatic heterocycles. The Bertz CT molecular complexity index is 2670. The molecule has 0 fully saturated rings. The summed E-state index contributed by atoms with van der Waals surface area (Å²) in [5.74, 6) is -4.36. The predicted molar refractivity (Wildman–Crippen MR) is 209 cm³/mol. The molecule has 57 heavy (non-hydrogen) atoms. The smallest absolute Gasteiger partial charge is 0.343 e. The molecule has 7 rings (SSSR count). The number of esters is 4. The number of benzene rings is 6. The van der Waals surface area contributed by atoms with Gasteiger partial charge < -0.3 is 28.1 Å². The lowest BCUT2D eigenvalue weighted by molar-refractivity contribution is 0.0682. The number of rotatable bonds is 12. The standard InChI is InChI=1S/C46H30O11/c1-2-25-52-37-27-34(53-43(48)29-15-7-3-8-16-29)28-38-39(37)40(47)42(57-46(51)32-21-13-6-14-22-32)41(54-38)33-23-24-35(55-44(49)30-17-9-4-10-18-30)36(26-33)56-45(50)31-19-11-5-12-20-31/h2-24,26-28H,1,25H2. The lowest BCUT2D eigenvalue weighted by Crippen LogP contribution is -2.17. The Morgan fingerprint density at radius 3 is 1.51 bits per heavy atom. The number of ether oxygens (including phenoxy) is 5. The Morgan fingerprint density at radius 2 is 1.00 bits per heavy atom. The Kier molecular flexibility index (Phi) is 11.1. The summed E-state index contributed by atoms with van der Waals surface area (Å²) in [5.41, 5.74) is -0.0387. The molecular formula is C46H30O11. The van der Waals surface area contributed by atoms with Gasteiger partial charge in [0.2, 0.25) is 11.2 Å². The zero-order chi connectivity index (χ0) is 39.7. The minimum Gasteiger partial charge on any atom is -0.488 e. The largest absolute Gasteiger partial charge is 0.488 e. The first kappa shape index (κ1) is 37.3. The molecule has 11 heteroatoms. The van der Waals surface area contributed by atoms with Crippen LogP contribution in [0, 0.1) is 0 Å². The highest BCUT2D eigenvalue weighted by Crippen LogP contribution is 2.40. The van der Waals surface area contributed by atoms with Crippen LogP contribution in [0.4, 0.5) is 0 Å². The first-order valence-corrected chi connectivity index (χ1v) is 17.4. The lowest BCUT2D eigenvalue weighted by Gasteiger charge is -2.16. The fourth-order valence-corrected chi connectivity index (χ4v) is 5.59. The van der Waals surface area contributed by atoms with Crippen molar-refractivity contribution in [2.75, 3.05) is 6.61 Å². The second-order valence-corrected chi connectivity index (χ2v) is 12.2. The van der Waals surface area contributed by atoms with E-state index >= 15 is 0 Å². The molecule has 0 aliphatic heterocycles. The summed E-state index contributed by atoms with van der Waals surface area (Å²) in [4.78, 5) is 67.6. The van der Waals surface area contributed by atoms with Crippen LogP contribution in [0.15, 0.2) is 174 Å². The van der Waals surface area contributed by atoms with Crippen molar-refractivity contribution in [2.45, 2.75) is 0 Å². The summed E-state index contributed by atoms with van der Waals surface area (Å²) < 4.78 is 35.1. The van der Waals surface area contributed by atoms with Crippen LogP contribution in [0.25, 0.3) is 22.3 Å². The van der Waals surface area contributed by atoms with Crippen molar-refractivity contribution >= 4 is 34.8 Å². The number of hydrogen-bond donors (Lipinski definition) is 0. The molecule has 0 amide bonds. The van der Waals surface area contributed by atoms with E-state index in [0.717, 1.165) is 0 Å². The van der Waals surface area contributed by atoms with Gasteiger partial charge in [0, 0.05) is 17.7 Å². The second kappa shape index (κ2) is 17.0. The third-order valence-corrected chi connectivity index (χ3v) is 8.30. The van der Waals surface area contributed by atoms with E-state index in [9.17, 15) is 24.0 Å². The third kappa shape index (κ3) is 8.53. The first-order chi connectivity index (χ1) is 27.8. The average Bonchev–Trinajstić information content (AvgIpc) is 3.25. The highest BCUT2D eigenvalue weighted by atomic mass is 16.6. The van der Waals surface area contributed by atoms with Gasteiger partial charge in [0.1, 0.15) is 29.1 Å². The fraction of sp³-hybridized carbons (Fsp3) is 0.0217. The summed E-state index contributed by atoms with van der Waals surface area (Å²) in [6.07, 6.45) is 1.45. The topological polar surface area (TPSA) is 145 Å². The fourth-order valence-electron chi connectivity index (χ4n) is 5.59. The third-order valence-electron chi connectivity index (χ3n) is 8.30. The van der Waals surface area contributed by atoms with Crippen molar-refractivity contribution in [1.82, 2.24) is 0 Å². The molecule has 0 bridgehead atoms. The molecule has 6 aromatic carbocycles. The molecule has 0 spiro atoms. The number of hydrogen-bond acceptors (Lipinski definition) is 11. The Labute approximate surface area is 324 Å². The minimum atomic E-state index is -0.880. The summed E-state index contributed by atoms with van der Waals surface area (Å²) in [6, 6.07) is 39.3. The van der Waals surface area contributed by atoms with E-state index in [-0.39, 0.29) is 74.2 Å². The van der Waals surface area contributed by atoms with E-state index in [4.69, 9.17) is 28.1 Å². The normalized spacial score (nSPS) is 10.6. The van der Waals surface area contributed by atoms with Gasteiger partial charge in [-0.15, -0.1) is 0 Å². The molecule has 0 radical (unpaired) electrons. The van der Waals surface area contributed by atoms with Crippen LogP contribution in [-0.4, -0.2) is 30.5 Å². The van der Waals surface area contributed by atoms with E-state index in [0.29, 0.717) is 0 Å². The van der Waals surface area contributed by atoms with E-state index in [1.807, 2.05) is 0 Å². The van der Waals surface area contributed by atoms with Crippen LogP contribution >= 0.6 is 0 Å². The molecule has 0 aliphatic rings. The first-order valence-electron chi connectivity index (χ1n) is 17.4. The van der Waals surface area contributed by atoms with Gasteiger partial charge in [-0.05, 0) is 66.7 Å². The molecule has 1 heterocycles. The van der Waals surface area contributed by atoms with Crippen LogP contribution in [0.1, 0.15) is 41.4 Å². The quantitative estimate of drug-likeness (QED) is 0.0669. The number of carbonyl (C=O) groups is 4. The molecule has 280 valence electrons. The molecule has 0 aliphatic carbocycles. The van der Waals surface area contributed by atoms with E-state index in [2.05, 4.69) is 6.58 Å². The molecule has 0 saturated heterocycles. The van der Waals surface area contributed by atoms with Crippen LogP contribution in [-0.2, 0) is 0 Å². The minimum absolute atomic E-state index is 0.0285. The highest BCUT2D eigenvalue weighted by Gasteiger charge is 2.27. The Morgan fingerprint density at radius 1 is 0.526 bits per heavy atom. The summed E-state index contributed by atoms with van der Waals surface area (Å²) in [7, 11) is 0. The van der Waals surface area contributed by atoms with Gasteiger partial charge >= 0.3 is 23.9 Å². The van der Waals surface area contributed by atoms with Crippen molar-refractivity contribution in [3.05, 3.63) is 197 Å². The average molecular weight is 759 g/mol. The SMILES string of the molecule is C=CCOc1cc(OC(=O)c2ccccc2)cc2oc(-c3ccc(OC(=O)c4ccccc4)c(OC(=O)c4ccccc4)c3)c(OC(=O)c3ccccc3)c(=O)c12. The zero-order valence-electron chi connectivity index (χ0n) is 29.9. The maximum absolute atomic E-state index is 14.5. The summed E-state index contributed by atoms with van der Waals surface area (Å²) >= 11 is 0. The van der Waals surface area contributed by atoms with Gasteiger partial charge in [0.15, 0.2) is 17.3 Å². The molecular weight excluding hydrogens is 728 g/mol. The maximum Gasteiger partial charge on any atom is 0.343 e. The van der Waals surface area contributed by atoms with Crippen molar-refractivity contribution in [1.29, 1.82) is 0 Å². The Hall–Kier alpha value is -8.05. The molecule has 0 N–H and O–H groups in total. The molecule has 7 aromatic rings. The lowest BCUT2D eigenvalue weighted by atomic mass is 10.1. The van der Waals surface area contributed by atoms with E-state index < -0.39 is 35.1 Å². The second-order valence-electron chi connectivity index (χ2n) is 12.2. The van der Waals surface area contributed by atoms with Gasteiger partial charge in [-0.25, -0.2) is 19.2 Å². The molecule has 0 saturated carbocycles. The maximum atomic E-state index is 14.5. The summed E-state index contributed by atoms with van der Waals surface area (Å²) in [5, 5.41) is -0.139.